The fourth-order valence-electron chi connectivity index (χ4n) is 2.57. The van der Waals surface area contributed by atoms with Crippen molar-refractivity contribution in [1.82, 2.24) is 5.32 Å². The highest BCUT2D eigenvalue weighted by Crippen LogP contribution is 2.20. The van der Waals surface area contributed by atoms with Gasteiger partial charge in [0.15, 0.2) is 0 Å². The van der Waals surface area contributed by atoms with E-state index in [0.29, 0.717) is 6.54 Å². The molecule has 0 aliphatic rings. The molecule has 1 N–H and O–H groups in total. The van der Waals surface area contributed by atoms with Gasteiger partial charge in [0, 0.05) is 12.3 Å². The van der Waals surface area contributed by atoms with E-state index >= 15 is 0 Å². The van der Waals surface area contributed by atoms with Crippen LogP contribution in [0.15, 0.2) is 54.6 Å². The molecule has 3 nitrogen and oxygen atoms in total. The van der Waals surface area contributed by atoms with Crippen molar-refractivity contribution in [2.75, 3.05) is 13.2 Å². The maximum absolute atomic E-state index is 12.2. The third-order valence-electron chi connectivity index (χ3n) is 4.07. The van der Waals surface area contributed by atoms with Gasteiger partial charge in [0.2, 0.25) is 5.91 Å². The Morgan fingerprint density at radius 2 is 1.85 bits per heavy atom. The number of amides is 1. The quantitative estimate of drug-likeness (QED) is 0.574. The average Bonchev–Trinajstić information content (AvgIpc) is 2.69. The number of hydrogen-bond donors (Lipinski definition) is 1. The second-order valence-corrected chi connectivity index (χ2v) is 7.62. The zero-order valence-electron chi connectivity index (χ0n) is 15.7. The number of para-hydroxylation sites is 1. The van der Waals surface area contributed by atoms with Crippen molar-refractivity contribution in [2.45, 2.75) is 44.1 Å². The van der Waals surface area contributed by atoms with Gasteiger partial charge < -0.3 is 10.1 Å². The van der Waals surface area contributed by atoms with Crippen molar-refractivity contribution < 1.29 is 9.53 Å². The second-order valence-electron chi connectivity index (χ2n) is 6.29. The van der Waals surface area contributed by atoms with Crippen LogP contribution in [0.5, 0.6) is 5.75 Å². The normalized spacial score (nSPS) is 11.8. The van der Waals surface area contributed by atoms with Crippen LogP contribution in [0.25, 0.3) is 0 Å². The van der Waals surface area contributed by atoms with E-state index in [2.05, 4.69) is 30.4 Å². The molecule has 0 bridgehead atoms. The number of aryl methyl sites for hydroxylation is 1. The summed E-state index contributed by atoms with van der Waals surface area (Å²) in [6.07, 6.45) is 2.82. The molecule has 0 saturated heterocycles. The maximum atomic E-state index is 12.2. The average molecular weight is 372 g/mol. The summed E-state index contributed by atoms with van der Waals surface area (Å²) in [6.45, 7) is 5.51. The van der Waals surface area contributed by atoms with E-state index in [9.17, 15) is 4.79 Å². The molecule has 0 fully saturated rings. The first-order valence-corrected chi connectivity index (χ1v) is 10.4. The fraction of sp³-hybridized carbons (Fsp3) is 0.409. The lowest BCUT2D eigenvalue weighted by Crippen LogP contribution is -2.31. The van der Waals surface area contributed by atoms with Gasteiger partial charge in [0.25, 0.3) is 0 Å². The Morgan fingerprint density at radius 1 is 1.12 bits per heavy atom. The molecule has 26 heavy (non-hydrogen) atoms. The SMILES string of the molecule is CCCOc1ccccc1CCCNC(=O)[C@H](C)SCc1ccccc1. The van der Waals surface area contributed by atoms with E-state index < -0.39 is 0 Å². The summed E-state index contributed by atoms with van der Waals surface area (Å²) in [4.78, 5) is 12.2. The molecular formula is C22H29NO2S. The predicted octanol–water partition coefficient (Wildman–Crippen LogP) is 4.85. The Balaban J connectivity index is 1.68. The molecule has 0 radical (unpaired) electrons. The van der Waals surface area contributed by atoms with Crippen molar-refractivity contribution >= 4 is 17.7 Å². The lowest BCUT2D eigenvalue weighted by Gasteiger charge is -2.13. The number of hydrogen-bond acceptors (Lipinski definition) is 3. The van der Waals surface area contributed by atoms with Crippen molar-refractivity contribution in [2.24, 2.45) is 0 Å². The second kappa shape index (κ2) is 11.6. The Morgan fingerprint density at radius 3 is 2.62 bits per heavy atom. The first-order chi connectivity index (χ1) is 12.7. The highest BCUT2D eigenvalue weighted by Gasteiger charge is 2.12. The molecular weight excluding hydrogens is 342 g/mol. The largest absolute Gasteiger partial charge is 0.493 e. The van der Waals surface area contributed by atoms with Crippen molar-refractivity contribution in [3.63, 3.8) is 0 Å². The molecule has 0 spiro atoms. The van der Waals surface area contributed by atoms with E-state index in [1.165, 1.54) is 11.1 Å². The molecule has 0 heterocycles. The first-order valence-electron chi connectivity index (χ1n) is 9.34. The van der Waals surface area contributed by atoms with Gasteiger partial charge in [0.05, 0.1) is 11.9 Å². The molecule has 2 rings (SSSR count). The molecule has 0 saturated carbocycles. The number of carbonyl (C=O) groups excluding carboxylic acids is 1. The van der Waals surface area contributed by atoms with Crippen molar-refractivity contribution in [1.29, 1.82) is 0 Å². The van der Waals surface area contributed by atoms with E-state index in [1.807, 2.05) is 43.3 Å². The van der Waals surface area contributed by atoms with Crippen LogP contribution in [-0.4, -0.2) is 24.3 Å². The molecule has 0 aliphatic carbocycles. The number of carbonyl (C=O) groups is 1. The zero-order chi connectivity index (χ0) is 18.6. The van der Waals surface area contributed by atoms with Gasteiger partial charge in [-0.25, -0.2) is 0 Å². The van der Waals surface area contributed by atoms with Crippen LogP contribution in [0.2, 0.25) is 0 Å². The van der Waals surface area contributed by atoms with Gasteiger partial charge in [-0.3, -0.25) is 4.79 Å². The van der Waals surface area contributed by atoms with Gasteiger partial charge in [-0.1, -0.05) is 55.5 Å². The van der Waals surface area contributed by atoms with Crippen LogP contribution in [0, 0.1) is 0 Å². The minimum atomic E-state index is -0.0459. The van der Waals surface area contributed by atoms with Crippen LogP contribution < -0.4 is 10.1 Å². The van der Waals surface area contributed by atoms with E-state index in [4.69, 9.17) is 4.74 Å². The molecule has 1 atom stereocenters. The molecule has 2 aromatic carbocycles. The highest BCUT2D eigenvalue weighted by atomic mass is 32.2. The van der Waals surface area contributed by atoms with Crippen molar-refractivity contribution in [3.8, 4) is 5.75 Å². The van der Waals surface area contributed by atoms with Crippen LogP contribution in [-0.2, 0) is 17.0 Å². The maximum Gasteiger partial charge on any atom is 0.232 e. The van der Waals surface area contributed by atoms with Crippen LogP contribution >= 0.6 is 11.8 Å². The van der Waals surface area contributed by atoms with E-state index in [-0.39, 0.29) is 11.2 Å². The first kappa shape index (κ1) is 20.4. The molecule has 0 unspecified atom stereocenters. The fourth-order valence-corrected chi connectivity index (χ4v) is 3.44. The van der Waals surface area contributed by atoms with Crippen molar-refractivity contribution in [3.05, 3.63) is 65.7 Å². The Hall–Kier alpha value is -1.94. The van der Waals surface area contributed by atoms with Crippen LogP contribution in [0.4, 0.5) is 0 Å². The minimum Gasteiger partial charge on any atom is -0.493 e. The van der Waals surface area contributed by atoms with E-state index in [0.717, 1.165) is 37.4 Å². The molecule has 2 aromatic rings. The van der Waals surface area contributed by atoms with Gasteiger partial charge in [0.1, 0.15) is 5.75 Å². The number of benzene rings is 2. The number of ether oxygens (including phenoxy) is 1. The number of nitrogens with one attached hydrogen (secondary N) is 1. The van der Waals surface area contributed by atoms with Gasteiger partial charge in [-0.15, -0.1) is 11.8 Å². The van der Waals surface area contributed by atoms with Gasteiger partial charge in [-0.2, -0.15) is 0 Å². The topological polar surface area (TPSA) is 38.3 Å². The molecule has 4 heteroatoms. The third-order valence-corrected chi connectivity index (χ3v) is 5.28. The molecule has 0 aliphatic heterocycles. The van der Waals surface area contributed by atoms with Crippen LogP contribution in [0.3, 0.4) is 0 Å². The summed E-state index contributed by atoms with van der Waals surface area (Å²) < 4.78 is 5.79. The summed E-state index contributed by atoms with van der Waals surface area (Å²) in [6, 6.07) is 18.4. The predicted molar refractivity (Wildman–Crippen MR) is 111 cm³/mol. The molecule has 0 aromatic heterocycles. The van der Waals surface area contributed by atoms with E-state index in [1.54, 1.807) is 11.8 Å². The summed E-state index contributed by atoms with van der Waals surface area (Å²) in [5.41, 5.74) is 2.46. The number of thioether (sulfide) groups is 1. The van der Waals surface area contributed by atoms with Gasteiger partial charge in [-0.05, 0) is 43.4 Å². The third kappa shape index (κ3) is 7.12. The Labute approximate surface area is 161 Å². The monoisotopic (exact) mass is 371 g/mol. The summed E-state index contributed by atoms with van der Waals surface area (Å²) in [5.74, 6) is 1.94. The summed E-state index contributed by atoms with van der Waals surface area (Å²) >= 11 is 1.67. The zero-order valence-corrected chi connectivity index (χ0v) is 16.6. The smallest absolute Gasteiger partial charge is 0.232 e. The standard InChI is InChI=1S/C22H29NO2S/c1-3-16-25-21-14-8-7-12-20(21)13-9-15-23-22(24)18(2)26-17-19-10-5-4-6-11-19/h4-8,10-12,14,18H,3,9,13,15-17H2,1-2H3,(H,23,24)/t18-/m0/s1. The minimum absolute atomic E-state index is 0.0459. The lowest BCUT2D eigenvalue weighted by atomic mass is 10.1. The number of rotatable bonds is 11. The summed E-state index contributed by atoms with van der Waals surface area (Å²) in [7, 11) is 0. The Kier molecular flexibility index (Phi) is 9.11. The summed E-state index contributed by atoms with van der Waals surface area (Å²) in [5, 5.41) is 3.01. The highest BCUT2D eigenvalue weighted by molar-refractivity contribution is 7.99. The van der Waals surface area contributed by atoms with Crippen LogP contribution in [0.1, 0.15) is 37.8 Å². The molecule has 140 valence electrons. The van der Waals surface area contributed by atoms with Gasteiger partial charge >= 0.3 is 0 Å². The Bertz CT molecular complexity index is 660. The lowest BCUT2D eigenvalue weighted by molar-refractivity contribution is -0.120. The molecule has 1 amide bonds.